The van der Waals surface area contributed by atoms with Gasteiger partial charge in [0.25, 0.3) is 0 Å². The van der Waals surface area contributed by atoms with Gasteiger partial charge in [-0.1, -0.05) is 25.7 Å². The molecule has 0 aliphatic heterocycles. The minimum absolute atomic E-state index is 0.641. The van der Waals surface area contributed by atoms with Crippen molar-refractivity contribution in [2.75, 3.05) is 6.54 Å². The fourth-order valence-corrected chi connectivity index (χ4v) is 2.47. The van der Waals surface area contributed by atoms with Crippen LogP contribution < -0.4 is 5.32 Å². The third-order valence-electron chi connectivity index (χ3n) is 3.54. The number of nitrogens with zero attached hydrogens (tertiary/aromatic N) is 1. The average Bonchev–Trinajstić information content (AvgIpc) is 2.52. The zero-order chi connectivity index (χ0) is 10.9. The van der Waals surface area contributed by atoms with Gasteiger partial charge in [0.15, 0.2) is 0 Å². The fraction of sp³-hybridized carbons (Fsp3) is 0.923. The van der Waals surface area contributed by atoms with Crippen LogP contribution >= 0.6 is 0 Å². The van der Waals surface area contributed by atoms with Crippen molar-refractivity contribution < 1.29 is 0 Å². The molecule has 0 heterocycles. The topological polar surface area (TPSA) is 35.8 Å². The van der Waals surface area contributed by atoms with Gasteiger partial charge >= 0.3 is 0 Å². The molecule has 0 unspecified atom stereocenters. The molecule has 0 bridgehead atoms. The zero-order valence-corrected chi connectivity index (χ0v) is 9.97. The number of hydrogen-bond donors (Lipinski definition) is 1. The smallest absolute Gasteiger partial charge is 0.0622 e. The first-order valence-corrected chi connectivity index (χ1v) is 6.45. The first-order chi connectivity index (χ1) is 7.34. The molecule has 15 heavy (non-hydrogen) atoms. The summed E-state index contributed by atoms with van der Waals surface area (Å²) in [5.74, 6) is 0.870. The van der Waals surface area contributed by atoms with E-state index in [1.807, 2.05) is 0 Å². The van der Waals surface area contributed by atoms with Crippen molar-refractivity contribution in [1.29, 1.82) is 5.26 Å². The Kier molecular flexibility index (Phi) is 6.43. The first kappa shape index (κ1) is 12.5. The quantitative estimate of drug-likeness (QED) is 0.556. The van der Waals surface area contributed by atoms with Crippen LogP contribution in [0.3, 0.4) is 0 Å². The summed E-state index contributed by atoms with van der Waals surface area (Å²) in [7, 11) is 0. The molecule has 2 heteroatoms. The third-order valence-corrected chi connectivity index (χ3v) is 3.54. The molecule has 0 radical (unpaired) electrons. The maximum atomic E-state index is 8.44. The summed E-state index contributed by atoms with van der Waals surface area (Å²) in [5, 5.41) is 12.0. The summed E-state index contributed by atoms with van der Waals surface area (Å²) in [6, 6.07) is 2.83. The predicted molar refractivity (Wildman–Crippen MR) is 63.5 cm³/mol. The molecule has 0 aromatic heterocycles. The zero-order valence-electron chi connectivity index (χ0n) is 9.97. The van der Waals surface area contributed by atoms with Gasteiger partial charge in [0, 0.05) is 12.5 Å². The molecular formula is C13H24N2. The van der Waals surface area contributed by atoms with Crippen molar-refractivity contribution in [2.24, 2.45) is 5.92 Å². The lowest BCUT2D eigenvalue weighted by Gasteiger charge is -2.23. The molecule has 86 valence electrons. The predicted octanol–water partition coefficient (Wildman–Crippen LogP) is 3.24. The largest absolute Gasteiger partial charge is 0.314 e. The molecule has 1 N–H and O–H groups in total. The molecule has 0 amide bonds. The second kappa shape index (κ2) is 7.70. The summed E-state index contributed by atoms with van der Waals surface area (Å²) in [5.41, 5.74) is 0. The number of hydrogen-bond acceptors (Lipinski definition) is 2. The molecule has 1 saturated carbocycles. The van der Waals surface area contributed by atoms with Crippen molar-refractivity contribution in [3.8, 4) is 6.07 Å². The SMILES string of the molecule is C[C@H](NCCCC#N)C1CCCCCC1. The van der Waals surface area contributed by atoms with Crippen molar-refractivity contribution in [3.63, 3.8) is 0 Å². The molecule has 1 fully saturated rings. The maximum absolute atomic E-state index is 8.44. The van der Waals surface area contributed by atoms with Crippen LogP contribution in [0.5, 0.6) is 0 Å². The highest BCUT2D eigenvalue weighted by Gasteiger charge is 2.17. The van der Waals surface area contributed by atoms with E-state index in [0.717, 1.165) is 18.9 Å². The third kappa shape index (κ3) is 5.18. The van der Waals surface area contributed by atoms with Crippen LogP contribution in [0.15, 0.2) is 0 Å². The van der Waals surface area contributed by atoms with Crippen molar-refractivity contribution in [1.82, 2.24) is 5.32 Å². The summed E-state index contributed by atoms with van der Waals surface area (Å²) >= 11 is 0. The number of nitriles is 1. The second-order valence-corrected chi connectivity index (χ2v) is 4.76. The molecule has 2 nitrogen and oxygen atoms in total. The van der Waals surface area contributed by atoms with Crippen LogP contribution in [-0.4, -0.2) is 12.6 Å². The van der Waals surface area contributed by atoms with Gasteiger partial charge in [0.05, 0.1) is 6.07 Å². The lowest BCUT2D eigenvalue weighted by atomic mass is 9.93. The minimum Gasteiger partial charge on any atom is -0.314 e. The van der Waals surface area contributed by atoms with E-state index >= 15 is 0 Å². The number of nitrogens with one attached hydrogen (secondary N) is 1. The Morgan fingerprint density at radius 1 is 1.27 bits per heavy atom. The molecule has 1 aliphatic carbocycles. The Hall–Kier alpha value is -0.550. The monoisotopic (exact) mass is 208 g/mol. The Morgan fingerprint density at radius 3 is 2.53 bits per heavy atom. The van der Waals surface area contributed by atoms with Gasteiger partial charge in [0.1, 0.15) is 0 Å². The van der Waals surface area contributed by atoms with E-state index in [0.29, 0.717) is 12.5 Å². The van der Waals surface area contributed by atoms with Crippen molar-refractivity contribution in [3.05, 3.63) is 0 Å². The number of unbranched alkanes of at least 4 members (excludes halogenated alkanes) is 1. The lowest BCUT2D eigenvalue weighted by molar-refractivity contribution is 0.337. The average molecular weight is 208 g/mol. The first-order valence-electron chi connectivity index (χ1n) is 6.45. The molecule has 0 aromatic rings. The molecule has 1 rings (SSSR count). The van der Waals surface area contributed by atoms with E-state index < -0.39 is 0 Å². The fourth-order valence-electron chi connectivity index (χ4n) is 2.47. The summed E-state index contributed by atoms with van der Waals surface area (Å²) in [6.45, 7) is 3.31. The Morgan fingerprint density at radius 2 is 1.93 bits per heavy atom. The van der Waals surface area contributed by atoms with E-state index in [1.54, 1.807) is 0 Å². The highest BCUT2D eigenvalue weighted by molar-refractivity contribution is 4.76. The van der Waals surface area contributed by atoms with E-state index in [2.05, 4.69) is 18.3 Å². The van der Waals surface area contributed by atoms with Gasteiger partial charge in [-0.2, -0.15) is 5.26 Å². The Labute approximate surface area is 94.1 Å². The minimum atomic E-state index is 0.641. The summed E-state index contributed by atoms with van der Waals surface area (Å²) in [6.07, 6.45) is 10.1. The van der Waals surface area contributed by atoms with Crippen LogP contribution in [0.25, 0.3) is 0 Å². The molecular weight excluding hydrogens is 184 g/mol. The van der Waals surface area contributed by atoms with Crippen molar-refractivity contribution >= 4 is 0 Å². The second-order valence-electron chi connectivity index (χ2n) is 4.76. The molecule has 0 aromatic carbocycles. The Bertz CT molecular complexity index is 187. The molecule has 0 spiro atoms. The summed E-state index contributed by atoms with van der Waals surface area (Å²) in [4.78, 5) is 0. The van der Waals surface area contributed by atoms with Gasteiger partial charge < -0.3 is 5.32 Å². The summed E-state index contributed by atoms with van der Waals surface area (Å²) < 4.78 is 0. The van der Waals surface area contributed by atoms with Gasteiger partial charge in [-0.15, -0.1) is 0 Å². The highest BCUT2D eigenvalue weighted by atomic mass is 14.9. The van der Waals surface area contributed by atoms with E-state index in [-0.39, 0.29) is 0 Å². The van der Waals surface area contributed by atoms with E-state index in [1.165, 1.54) is 38.5 Å². The maximum Gasteiger partial charge on any atom is 0.0622 e. The van der Waals surface area contributed by atoms with Crippen LogP contribution in [0, 0.1) is 17.2 Å². The van der Waals surface area contributed by atoms with Gasteiger partial charge in [-0.05, 0) is 38.6 Å². The lowest BCUT2D eigenvalue weighted by Crippen LogP contribution is -2.34. The van der Waals surface area contributed by atoms with E-state index in [4.69, 9.17) is 5.26 Å². The number of rotatable bonds is 5. The van der Waals surface area contributed by atoms with Gasteiger partial charge in [-0.3, -0.25) is 0 Å². The van der Waals surface area contributed by atoms with Crippen LogP contribution in [-0.2, 0) is 0 Å². The normalized spacial score (nSPS) is 20.5. The van der Waals surface area contributed by atoms with Crippen LogP contribution in [0.1, 0.15) is 58.3 Å². The van der Waals surface area contributed by atoms with Crippen LogP contribution in [0.4, 0.5) is 0 Å². The molecule has 1 atom stereocenters. The van der Waals surface area contributed by atoms with E-state index in [9.17, 15) is 0 Å². The van der Waals surface area contributed by atoms with Gasteiger partial charge in [-0.25, -0.2) is 0 Å². The standard InChI is InChI=1S/C13H24N2/c1-12(15-11-7-6-10-14)13-8-4-2-3-5-9-13/h12-13,15H,2-9,11H2,1H3/t12-/m0/s1. The van der Waals surface area contributed by atoms with Crippen LogP contribution in [0.2, 0.25) is 0 Å². The Balaban J connectivity index is 2.14. The molecule has 1 aliphatic rings. The van der Waals surface area contributed by atoms with Crippen molar-refractivity contribution in [2.45, 2.75) is 64.3 Å². The van der Waals surface area contributed by atoms with Gasteiger partial charge in [0.2, 0.25) is 0 Å². The highest BCUT2D eigenvalue weighted by Crippen LogP contribution is 2.25. The molecule has 0 saturated heterocycles.